The number of hydrogen-bond acceptors (Lipinski definition) is 2. The number of hydrogen-bond donors (Lipinski definition) is 2. The molecule has 3 heteroatoms. The van der Waals surface area contributed by atoms with Gasteiger partial charge in [0.25, 0.3) is 0 Å². The normalized spacial score (nSPS) is 10.3. The summed E-state index contributed by atoms with van der Waals surface area (Å²) in [6.45, 7) is 2.20. The van der Waals surface area contributed by atoms with Crippen LogP contribution in [-0.4, -0.2) is 11.0 Å². The molecule has 0 aliphatic rings. The van der Waals surface area contributed by atoms with Gasteiger partial charge in [-0.25, -0.2) is 0 Å². The Morgan fingerprint density at radius 3 is 2.61 bits per heavy atom. The lowest BCUT2D eigenvalue weighted by atomic mass is 10.1. The maximum absolute atomic E-state index is 11.6. The Morgan fingerprint density at radius 1 is 1.17 bits per heavy atom. The molecule has 1 aromatic rings. The molecule has 2 N–H and O–H groups in total. The SMILES string of the molecule is CCCCCCCCC(=O)Nc1cccc(O)c1. The van der Waals surface area contributed by atoms with Crippen molar-refractivity contribution in [2.24, 2.45) is 0 Å². The Bertz CT molecular complexity index is 363. The summed E-state index contributed by atoms with van der Waals surface area (Å²) in [6.07, 6.45) is 7.63. The molecule has 0 bridgehead atoms. The molecule has 0 aliphatic carbocycles. The Balaban J connectivity index is 2.14. The van der Waals surface area contributed by atoms with E-state index in [4.69, 9.17) is 0 Å². The average Bonchev–Trinajstić information content (AvgIpc) is 2.33. The minimum atomic E-state index is 0.0242. The van der Waals surface area contributed by atoms with Gasteiger partial charge in [-0.15, -0.1) is 0 Å². The first-order chi connectivity index (χ1) is 8.72. The average molecular weight is 249 g/mol. The fourth-order valence-electron chi connectivity index (χ4n) is 1.87. The fraction of sp³-hybridized carbons (Fsp3) is 0.533. The number of anilines is 1. The third-order valence-electron chi connectivity index (χ3n) is 2.89. The number of rotatable bonds is 8. The number of unbranched alkanes of at least 4 members (excludes halogenated alkanes) is 5. The second kappa shape index (κ2) is 8.56. The minimum Gasteiger partial charge on any atom is -0.508 e. The molecule has 18 heavy (non-hydrogen) atoms. The van der Waals surface area contributed by atoms with Crippen LogP contribution in [0, 0.1) is 0 Å². The Morgan fingerprint density at radius 2 is 1.89 bits per heavy atom. The molecule has 0 fully saturated rings. The van der Waals surface area contributed by atoms with Crippen LogP contribution in [0.2, 0.25) is 0 Å². The van der Waals surface area contributed by atoms with Gasteiger partial charge in [0.1, 0.15) is 5.75 Å². The summed E-state index contributed by atoms with van der Waals surface area (Å²) in [4.78, 5) is 11.6. The van der Waals surface area contributed by atoms with Crippen molar-refractivity contribution in [1.29, 1.82) is 0 Å². The van der Waals surface area contributed by atoms with Crippen LogP contribution in [0.4, 0.5) is 5.69 Å². The predicted octanol–water partition coefficient (Wildman–Crippen LogP) is 4.08. The molecule has 0 saturated carbocycles. The van der Waals surface area contributed by atoms with E-state index in [0.717, 1.165) is 12.8 Å². The first-order valence-corrected chi connectivity index (χ1v) is 6.81. The van der Waals surface area contributed by atoms with E-state index in [0.29, 0.717) is 12.1 Å². The van der Waals surface area contributed by atoms with E-state index in [9.17, 15) is 9.90 Å². The largest absolute Gasteiger partial charge is 0.508 e. The highest BCUT2D eigenvalue weighted by molar-refractivity contribution is 5.90. The Labute approximate surface area is 109 Å². The minimum absolute atomic E-state index is 0.0242. The molecule has 0 aromatic heterocycles. The second-order valence-electron chi connectivity index (χ2n) is 4.62. The quantitative estimate of drug-likeness (QED) is 0.682. The number of aromatic hydroxyl groups is 1. The van der Waals surface area contributed by atoms with E-state index in [2.05, 4.69) is 12.2 Å². The van der Waals surface area contributed by atoms with Crippen LogP contribution in [0.1, 0.15) is 51.9 Å². The van der Waals surface area contributed by atoms with Crippen LogP contribution in [-0.2, 0) is 4.79 Å². The highest BCUT2D eigenvalue weighted by Crippen LogP contribution is 2.16. The lowest BCUT2D eigenvalue weighted by Crippen LogP contribution is -2.10. The van der Waals surface area contributed by atoms with Crippen LogP contribution in [0.25, 0.3) is 0 Å². The lowest BCUT2D eigenvalue weighted by Gasteiger charge is -2.05. The predicted molar refractivity (Wildman–Crippen MR) is 74.7 cm³/mol. The van der Waals surface area contributed by atoms with Gasteiger partial charge >= 0.3 is 0 Å². The second-order valence-corrected chi connectivity index (χ2v) is 4.62. The first-order valence-electron chi connectivity index (χ1n) is 6.81. The zero-order valence-corrected chi connectivity index (χ0v) is 11.1. The van der Waals surface area contributed by atoms with Gasteiger partial charge in [-0.05, 0) is 18.6 Å². The summed E-state index contributed by atoms with van der Waals surface area (Å²) < 4.78 is 0. The van der Waals surface area contributed by atoms with Gasteiger partial charge in [0, 0.05) is 18.2 Å². The molecule has 100 valence electrons. The van der Waals surface area contributed by atoms with E-state index in [1.54, 1.807) is 24.3 Å². The number of phenolic OH excluding ortho intramolecular Hbond substituents is 1. The van der Waals surface area contributed by atoms with Gasteiger partial charge in [-0.1, -0.05) is 45.1 Å². The standard InChI is InChI=1S/C15H23NO2/c1-2-3-4-5-6-7-11-15(18)16-13-9-8-10-14(17)12-13/h8-10,12,17H,2-7,11H2,1H3,(H,16,18). The molecule has 3 nitrogen and oxygen atoms in total. The number of carbonyl (C=O) groups excluding carboxylic acids is 1. The molecule has 0 radical (unpaired) electrons. The summed E-state index contributed by atoms with van der Waals surface area (Å²) in [5.74, 6) is 0.198. The summed E-state index contributed by atoms with van der Waals surface area (Å²) in [5.41, 5.74) is 0.658. The van der Waals surface area contributed by atoms with Gasteiger partial charge in [-0.2, -0.15) is 0 Å². The van der Waals surface area contributed by atoms with E-state index >= 15 is 0 Å². The van der Waals surface area contributed by atoms with Crippen molar-refractivity contribution in [3.63, 3.8) is 0 Å². The molecular formula is C15H23NO2. The smallest absolute Gasteiger partial charge is 0.224 e. The number of carbonyl (C=O) groups is 1. The third kappa shape index (κ3) is 6.28. The summed E-state index contributed by atoms with van der Waals surface area (Å²) >= 11 is 0. The van der Waals surface area contributed by atoms with Crippen LogP contribution in [0.3, 0.4) is 0 Å². The van der Waals surface area contributed by atoms with Gasteiger partial charge in [0.15, 0.2) is 0 Å². The summed E-state index contributed by atoms with van der Waals surface area (Å²) in [6, 6.07) is 6.64. The van der Waals surface area contributed by atoms with E-state index in [1.165, 1.54) is 25.7 Å². The first kappa shape index (κ1) is 14.6. The molecule has 0 spiro atoms. The molecule has 1 rings (SSSR count). The molecule has 0 heterocycles. The summed E-state index contributed by atoms with van der Waals surface area (Å²) in [5, 5.41) is 12.1. The maximum atomic E-state index is 11.6. The molecule has 0 unspecified atom stereocenters. The zero-order valence-electron chi connectivity index (χ0n) is 11.1. The van der Waals surface area contributed by atoms with Crippen molar-refractivity contribution < 1.29 is 9.90 Å². The van der Waals surface area contributed by atoms with Crippen molar-refractivity contribution in [2.45, 2.75) is 51.9 Å². The van der Waals surface area contributed by atoms with Crippen LogP contribution in [0.5, 0.6) is 5.75 Å². The van der Waals surface area contributed by atoms with E-state index < -0.39 is 0 Å². The molecule has 1 amide bonds. The fourth-order valence-corrected chi connectivity index (χ4v) is 1.87. The number of amides is 1. The van der Waals surface area contributed by atoms with Crippen LogP contribution >= 0.6 is 0 Å². The van der Waals surface area contributed by atoms with Crippen molar-refractivity contribution in [2.75, 3.05) is 5.32 Å². The van der Waals surface area contributed by atoms with Gasteiger partial charge in [0.05, 0.1) is 0 Å². The highest BCUT2D eigenvalue weighted by Gasteiger charge is 2.02. The van der Waals surface area contributed by atoms with Gasteiger partial charge in [-0.3, -0.25) is 4.79 Å². The van der Waals surface area contributed by atoms with E-state index in [-0.39, 0.29) is 11.7 Å². The molecule has 0 aliphatic heterocycles. The maximum Gasteiger partial charge on any atom is 0.224 e. The highest BCUT2D eigenvalue weighted by atomic mass is 16.3. The summed E-state index contributed by atoms with van der Waals surface area (Å²) in [7, 11) is 0. The topological polar surface area (TPSA) is 49.3 Å². The van der Waals surface area contributed by atoms with Crippen molar-refractivity contribution in [3.05, 3.63) is 24.3 Å². The number of nitrogens with one attached hydrogen (secondary N) is 1. The molecule has 1 aromatic carbocycles. The van der Waals surface area contributed by atoms with E-state index in [1.807, 2.05) is 0 Å². The Hall–Kier alpha value is -1.51. The molecule has 0 saturated heterocycles. The van der Waals surface area contributed by atoms with Gasteiger partial charge < -0.3 is 10.4 Å². The number of benzene rings is 1. The van der Waals surface area contributed by atoms with Crippen molar-refractivity contribution in [1.82, 2.24) is 0 Å². The monoisotopic (exact) mass is 249 g/mol. The Kier molecular flexibility index (Phi) is 6.92. The molecule has 0 atom stereocenters. The zero-order chi connectivity index (χ0) is 13.2. The van der Waals surface area contributed by atoms with Crippen molar-refractivity contribution >= 4 is 11.6 Å². The van der Waals surface area contributed by atoms with Crippen LogP contribution < -0.4 is 5.32 Å². The number of phenols is 1. The lowest BCUT2D eigenvalue weighted by molar-refractivity contribution is -0.116. The van der Waals surface area contributed by atoms with Crippen LogP contribution in [0.15, 0.2) is 24.3 Å². The van der Waals surface area contributed by atoms with Crippen molar-refractivity contribution in [3.8, 4) is 5.75 Å². The molecular weight excluding hydrogens is 226 g/mol. The third-order valence-corrected chi connectivity index (χ3v) is 2.89. The van der Waals surface area contributed by atoms with Gasteiger partial charge in [0.2, 0.25) is 5.91 Å².